The number of methoxy groups -OCH3 is 1. The van der Waals surface area contributed by atoms with Gasteiger partial charge in [-0.3, -0.25) is 4.79 Å². The molecule has 0 aliphatic rings. The molecule has 0 saturated carbocycles. The molecule has 2 aromatic carbocycles. The molecular formula is C23H23F9N2O3. The molecule has 5 nitrogen and oxygen atoms in total. The van der Waals surface area contributed by atoms with Gasteiger partial charge in [-0.05, 0) is 42.3 Å². The van der Waals surface area contributed by atoms with E-state index in [1.807, 2.05) is 5.32 Å². The smallest absolute Gasteiger partial charge is 0.381 e. The molecule has 0 spiro atoms. The lowest BCUT2D eigenvalue weighted by atomic mass is 9.91. The lowest BCUT2D eigenvalue weighted by Crippen LogP contribution is -2.48. The summed E-state index contributed by atoms with van der Waals surface area (Å²) < 4.78 is 126. The zero-order valence-corrected chi connectivity index (χ0v) is 19.4. The van der Waals surface area contributed by atoms with E-state index in [1.54, 1.807) is 6.92 Å². The van der Waals surface area contributed by atoms with Crippen LogP contribution >= 0.6 is 0 Å². The van der Waals surface area contributed by atoms with Gasteiger partial charge in [-0.15, -0.1) is 0 Å². The highest BCUT2D eigenvalue weighted by Gasteiger charge is 2.55. The summed E-state index contributed by atoms with van der Waals surface area (Å²) in [5, 5.41) is 14.7. The minimum atomic E-state index is -5.49. The second-order valence-corrected chi connectivity index (χ2v) is 8.19. The van der Waals surface area contributed by atoms with Crippen LogP contribution in [0.5, 0.6) is 0 Å². The van der Waals surface area contributed by atoms with Gasteiger partial charge in [0.15, 0.2) is 0 Å². The fourth-order valence-corrected chi connectivity index (χ4v) is 3.26. The largest absolute Gasteiger partial charge is 0.423 e. The van der Waals surface area contributed by atoms with E-state index in [2.05, 4.69) is 5.32 Å². The van der Waals surface area contributed by atoms with Crippen molar-refractivity contribution in [2.75, 3.05) is 19.0 Å². The highest BCUT2D eigenvalue weighted by Crippen LogP contribution is 2.41. The van der Waals surface area contributed by atoms with Crippen molar-refractivity contribution in [3.05, 3.63) is 64.7 Å². The van der Waals surface area contributed by atoms with Gasteiger partial charge in [-0.1, -0.05) is 18.2 Å². The van der Waals surface area contributed by atoms with Crippen molar-refractivity contribution in [2.45, 2.75) is 50.1 Å². The fraction of sp³-hybridized carbons (Fsp3) is 0.435. The fourth-order valence-electron chi connectivity index (χ4n) is 3.26. The van der Waals surface area contributed by atoms with E-state index in [-0.39, 0.29) is 18.1 Å². The molecule has 0 aromatic heterocycles. The predicted molar refractivity (Wildman–Crippen MR) is 114 cm³/mol. The van der Waals surface area contributed by atoms with Crippen LogP contribution in [0.4, 0.5) is 45.2 Å². The van der Waals surface area contributed by atoms with Crippen LogP contribution in [0.2, 0.25) is 0 Å². The number of nitrogens with one attached hydrogen (secondary N) is 2. The number of rotatable bonds is 9. The topological polar surface area (TPSA) is 70.6 Å². The molecule has 0 aliphatic carbocycles. The Balaban J connectivity index is 2.32. The molecule has 2 rings (SSSR count). The first kappa shape index (κ1) is 30.2. The Morgan fingerprint density at radius 3 is 2.11 bits per heavy atom. The summed E-state index contributed by atoms with van der Waals surface area (Å²) in [5.74, 6) is -0.596. The highest BCUT2D eigenvalue weighted by atomic mass is 19.4. The first-order valence-electron chi connectivity index (χ1n) is 10.6. The van der Waals surface area contributed by atoms with Crippen LogP contribution in [-0.4, -0.2) is 36.9 Å². The summed E-state index contributed by atoms with van der Waals surface area (Å²) in [5.41, 5.74) is -8.61. The lowest BCUT2D eigenvalue weighted by molar-refractivity contribution is -0.260. The number of halogens is 9. The van der Waals surface area contributed by atoms with E-state index >= 15 is 0 Å². The van der Waals surface area contributed by atoms with Gasteiger partial charge >= 0.3 is 18.5 Å². The minimum absolute atomic E-state index is 0.118. The Bertz CT molecular complexity index is 1080. The van der Waals surface area contributed by atoms with Crippen LogP contribution in [0.15, 0.2) is 42.5 Å². The summed E-state index contributed by atoms with van der Waals surface area (Å²) in [6, 6.07) is 4.31. The number of anilines is 1. The van der Waals surface area contributed by atoms with Gasteiger partial charge in [0.05, 0.1) is 30.2 Å². The Hall–Kier alpha value is -3.00. The molecule has 0 saturated heterocycles. The molecule has 0 radical (unpaired) electrons. The number of alkyl halides is 9. The molecule has 2 aromatic rings. The zero-order valence-electron chi connectivity index (χ0n) is 19.4. The van der Waals surface area contributed by atoms with E-state index in [4.69, 9.17) is 4.74 Å². The SMILES string of the molecule is CO[C@H](C)CC(=O)NCc1ccc(NC[C@](O)(c2cccc(C(F)(F)F)c2)C(F)(F)F)cc1C(F)(F)F. The van der Waals surface area contributed by atoms with Crippen molar-refractivity contribution in [3.63, 3.8) is 0 Å². The van der Waals surface area contributed by atoms with Gasteiger partial charge in [0.25, 0.3) is 0 Å². The summed E-state index contributed by atoms with van der Waals surface area (Å²) >= 11 is 0. The molecular weight excluding hydrogens is 523 g/mol. The van der Waals surface area contributed by atoms with Gasteiger partial charge in [0, 0.05) is 19.3 Å². The average Bonchev–Trinajstić information content (AvgIpc) is 2.79. The zero-order chi connectivity index (χ0) is 28.2. The first-order valence-corrected chi connectivity index (χ1v) is 10.6. The predicted octanol–water partition coefficient (Wildman–Crippen LogP) is 5.63. The van der Waals surface area contributed by atoms with Crippen molar-refractivity contribution in [2.24, 2.45) is 0 Å². The van der Waals surface area contributed by atoms with E-state index in [0.29, 0.717) is 24.3 Å². The number of carbonyl (C=O) groups is 1. The standard InChI is InChI=1S/C23H23F9N2O3/c1-13(37-2)8-19(35)33-11-14-6-7-17(10-18(14)22(27,28)29)34-12-20(36,23(30,31)32)15-4-3-5-16(9-15)21(24,25)26/h3-7,9-10,13,34,36H,8,11-12H2,1-2H3,(H,33,35)/t13-,20+/m1/s1. The highest BCUT2D eigenvalue weighted by molar-refractivity contribution is 5.76. The molecule has 0 bridgehead atoms. The number of aliphatic hydroxyl groups is 1. The number of ether oxygens (including phenoxy) is 1. The minimum Gasteiger partial charge on any atom is -0.381 e. The molecule has 0 heterocycles. The maximum atomic E-state index is 13.7. The maximum absolute atomic E-state index is 13.7. The third-order valence-electron chi connectivity index (χ3n) is 5.45. The van der Waals surface area contributed by atoms with Crippen LogP contribution in [-0.2, 0) is 34.0 Å². The Morgan fingerprint density at radius 1 is 0.946 bits per heavy atom. The number of hydrogen-bond donors (Lipinski definition) is 3. The van der Waals surface area contributed by atoms with Gasteiger partial charge in [0.2, 0.25) is 11.5 Å². The van der Waals surface area contributed by atoms with Crippen molar-refractivity contribution >= 4 is 11.6 Å². The molecule has 206 valence electrons. The number of benzene rings is 2. The summed E-state index contributed by atoms with van der Waals surface area (Å²) in [6.07, 6.45) is -16.1. The van der Waals surface area contributed by atoms with Crippen LogP contribution in [0.3, 0.4) is 0 Å². The van der Waals surface area contributed by atoms with Gasteiger partial charge < -0.3 is 20.5 Å². The van der Waals surface area contributed by atoms with Gasteiger partial charge in [-0.25, -0.2) is 0 Å². The second-order valence-electron chi connectivity index (χ2n) is 8.19. The van der Waals surface area contributed by atoms with Crippen molar-refractivity contribution in [1.29, 1.82) is 0 Å². The molecule has 2 atom stereocenters. The lowest BCUT2D eigenvalue weighted by Gasteiger charge is -2.32. The molecule has 14 heteroatoms. The Labute approximate surface area is 205 Å². The summed E-state index contributed by atoms with van der Waals surface area (Å²) in [4.78, 5) is 11.9. The van der Waals surface area contributed by atoms with Crippen LogP contribution in [0, 0.1) is 0 Å². The molecule has 3 N–H and O–H groups in total. The maximum Gasteiger partial charge on any atom is 0.423 e. The number of amides is 1. The third-order valence-corrected chi connectivity index (χ3v) is 5.45. The Morgan fingerprint density at radius 2 is 1.57 bits per heavy atom. The molecule has 37 heavy (non-hydrogen) atoms. The van der Waals surface area contributed by atoms with E-state index in [1.165, 1.54) is 7.11 Å². The van der Waals surface area contributed by atoms with E-state index < -0.39 is 71.6 Å². The first-order chi connectivity index (χ1) is 16.9. The molecule has 0 unspecified atom stereocenters. The molecule has 0 aliphatic heterocycles. The van der Waals surface area contributed by atoms with Crippen molar-refractivity contribution in [1.82, 2.24) is 5.32 Å². The van der Waals surface area contributed by atoms with Crippen molar-refractivity contribution in [3.8, 4) is 0 Å². The number of carbonyl (C=O) groups excluding carboxylic acids is 1. The normalized spacial score (nSPS) is 15.1. The van der Waals surface area contributed by atoms with E-state index in [9.17, 15) is 49.4 Å². The summed E-state index contributed by atoms with van der Waals surface area (Å²) in [7, 11) is 1.35. The third kappa shape index (κ3) is 7.74. The molecule has 0 fully saturated rings. The Kier molecular flexibility index (Phi) is 9.13. The van der Waals surface area contributed by atoms with Crippen LogP contribution in [0.25, 0.3) is 0 Å². The van der Waals surface area contributed by atoms with Crippen LogP contribution < -0.4 is 10.6 Å². The van der Waals surface area contributed by atoms with Crippen molar-refractivity contribution < 1.29 is 54.2 Å². The second kappa shape index (κ2) is 11.2. The molecule has 1 amide bonds. The van der Waals surface area contributed by atoms with Gasteiger partial charge in [-0.2, -0.15) is 39.5 Å². The average molecular weight is 546 g/mol. The van der Waals surface area contributed by atoms with E-state index in [0.717, 1.165) is 12.1 Å². The quantitative estimate of drug-likeness (QED) is 0.357. The monoisotopic (exact) mass is 546 g/mol. The van der Waals surface area contributed by atoms with Crippen LogP contribution in [0.1, 0.15) is 35.6 Å². The van der Waals surface area contributed by atoms with Gasteiger partial charge in [0.1, 0.15) is 0 Å². The number of hydrogen-bond acceptors (Lipinski definition) is 4. The summed E-state index contributed by atoms with van der Waals surface area (Å²) in [6.45, 7) is -0.454.